The zero-order valence-electron chi connectivity index (χ0n) is 53.6. The fourth-order valence-electron chi connectivity index (χ4n) is 7.02. The van der Waals surface area contributed by atoms with E-state index in [0.717, 1.165) is 38.5 Å². The molecule has 29 heteroatoms. The Morgan fingerprint density at radius 2 is 0.494 bits per heavy atom. The van der Waals surface area contributed by atoms with Gasteiger partial charge in [-0.1, -0.05) is 12.2 Å². The molecular weight excluding hydrogens is 1180 g/mol. The summed E-state index contributed by atoms with van der Waals surface area (Å²) in [5.74, 6) is -1.00. The van der Waals surface area contributed by atoms with Gasteiger partial charge >= 0.3 is 12.1 Å². The highest BCUT2D eigenvalue weighted by Gasteiger charge is 2.14. The first kappa shape index (κ1) is 84.5. The molecule has 29 nitrogen and oxygen atoms in total. The van der Waals surface area contributed by atoms with Crippen LogP contribution in [0.2, 0.25) is 0 Å². The molecular formula is C60H115NO28. The van der Waals surface area contributed by atoms with Crippen molar-refractivity contribution < 1.29 is 133 Å². The summed E-state index contributed by atoms with van der Waals surface area (Å²) in [5, 5.41) is 11.2. The maximum Gasteiger partial charge on any atom is 0.407 e. The summed E-state index contributed by atoms with van der Waals surface area (Å²) in [6, 6.07) is 0. The van der Waals surface area contributed by atoms with Crippen molar-refractivity contribution in [2.24, 2.45) is 0 Å². The van der Waals surface area contributed by atoms with Gasteiger partial charge in [-0.25, -0.2) is 9.59 Å². The van der Waals surface area contributed by atoms with E-state index in [0.29, 0.717) is 310 Å². The average molecular weight is 1300 g/mol. The maximum absolute atomic E-state index is 12.0. The van der Waals surface area contributed by atoms with Crippen LogP contribution in [-0.4, -0.2) is 347 Å². The van der Waals surface area contributed by atoms with Crippen molar-refractivity contribution in [1.82, 2.24) is 5.32 Å². The van der Waals surface area contributed by atoms with E-state index in [9.17, 15) is 9.59 Å². The number of rotatable bonds is 76. The zero-order valence-corrected chi connectivity index (χ0v) is 53.6. The van der Waals surface area contributed by atoms with Crippen molar-refractivity contribution in [1.29, 1.82) is 0 Å². The van der Waals surface area contributed by atoms with E-state index in [1.54, 1.807) is 0 Å². The third-order valence-corrected chi connectivity index (χ3v) is 11.5. The largest absolute Gasteiger partial charge is 0.480 e. The first-order valence-corrected chi connectivity index (χ1v) is 31.9. The Kier molecular flexibility index (Phi) is 72.4. The standard InChI is InChI=1S/C60H115NO28/c62-59(63)57-88-56-55-87-54-53-86-52-51-85-50-49-84-48-47-83-46-45-82-44-43-81-42-41-80-40-38-78-35-32-75-29-26-72-23-20-69-17-14-66-11-6-10-65-13-16-68-19-22-71-25-28-74-31-34-77-37-39-79-36-33-76-30-27-73-24-21-70-18-15-67-12-9-61-60(64)89-58-7-4-2-1-3-5-8-58/h1-2,58H,3-57H2,(H,61,64)(H,62,63)/b2-1+. The number of allylic oxidation sites excluding steroid dienone is 2. The van der Waals surface area contributed by atoms with Gasteiger partial charge in [0.25, 0.3) is 0 Å². The van der Waals surface area contributed by atoms with Gasteiger partial charge in [-0.3, -0.25) is 0 Å². The van der Waals surface area contributed by atoms with E-state index in [1.165, 1.54) is 0 Å². The lowest BCUT2D eigenvalue weighted by atomic mass is 10.0. The third-order valence-electron chi connectivity index (χ3n) is 11.5. The van der Waals surface area contributed by atoms with Crippen molar-refractivity contribution in [3.8, 4) is 0 Å². The van der Waals surface area contributed by atoms with Crippen molar-refractivity contribution in [3.05, 3.63) is 12.2 Å². The Bertz CT molecular complexity index is 1420. The van der Waals surface area contributed by atoms with Crippen molar-refractivity contribution >= 4 is 12.1 Å². The number of hydrogen-bond donors (Lipinski definition) is 2. The molecule has 528 valence electrons. The second kappa shape index (κ2) is 76.2. The second-order valence-electron chi connectivity index (χ2n) is 18.8. The van der Waals surface area contributed by atoms with Gasteiger partial charge in [0.15, 0.2) is 0 Å². The van der Waals surface area contributed by atoms with Crippen molar-refractivity contribution in [3.63, 3.8) is 0 Å². The molecule has 0 radical (unpaired) electrons. The van der Waals surface area contributed by atoms with Crippen LogP contribution < -0.4 is 5.32 Å². The highest BCUT2D eigenvalue weighted by molar-refractivity contribution is 5.68. The van der Waals surface area contributed by atoms with Gasteiger partial charge in [-0.2, -0.15) is 0 Å². The predicted molar refractivity (Wildman–Crippen MR) is 322 cm³/mol. The summed E-state index contributed by atoms with van der Waals surface area (Å²) in [7, 11) is 0. The minimum absolute atomic E-state index is 0.0175. The zero-order chi connectivity index (χ0) is 63.4. The number of carbonyl (C=O) groups excluding carboxylic acids is 1. The molecule has 0 aromatic carbocycles. The fourth-order valence-corrected chi connectivity index (χ4v) is 7.02. The van der Waals surface area contributed by atoms with Crippen LogP contribution in [0, 0.1) is 0 Å². The molecule has 1 rings (SSSR count). The molecule has 1 aliphatic carbocycles. The molecule has 1 unspecified atom stereocenters. The summed E-state index contributed by atoms with van der Waals surface area (Å²) in [6.07, 6.45) is 9.54. The summed E-state index contributed by atoms with van der Waals surface area (Å²) >= 11 is 0. The number of carboxylic acids is 1. The summed E-state index contributed by atoms with van der Waals surface area (Å²) in [5.41, 5.74) is 0. The minimum Gasteiger partial charge on any atom is -0.480 e. The molecule has 0 aromatic rings. The number of ether oxygens (including phenoxy) is 25. The molecule has 89 heavy (non-hydrogen) atoms. The molecule has 1 atom stereocenters. The second-order valence-corrected chi connectivity index (χ2v) is 18.8. The summed E-state index contributed by atoms with van der Waals surface area (Å²) in [6.45, 7) is 22.2. The van der Waals surface area contributed by atoms with E-state index in [2.05, 4.69) is 17.5 Å². The molecule has 0 fully saturated rings. The fraction of sp³-hybridized carbons (Fsp3) is 0.933. The molecule has 0 bridgehead atoms. The maximum atomic E-state index is 12.0. The normalized spacial score (nSPS) is 13.9. The average Bonchev–Trinajstić information content (AvgIpc) is 3.57. The molecule has 1 amide bonds. The van der Waals surface area contributed by atoms with Gasteiger partial charge < -0.3 is 129 Å². The van der Waals surface area contributed by atoms with Crippen LogP contribution in [0.1, 0.15) is 38.5 Å². The summed E-state index contributed by atoms with van der Waals surface area (Å²) < 4.78 is 137. The molecule has 0 aromatic heterocycles. The van der Waals surface area contributed by atoms with Gasteiger partial charge in [-0.15, -0.1) is 0 Å². The van der Waals surface area contributed by atoms with Gasteiger partial charge in [0, 0.05) is 19.8 Å². The van der Waals surface area contributed by atoms with Crippen molar-refractivity contribution in [2.45, 2.75) is 44.6 Å². The lowest BCUT2D eigenvalue weighted by Crippen LogP contribution is -2.31. The Labute approximate surface area is 529 Å². The van der Waals surface area contributed by atoms with E-state index in [1.807, 2.05) is 0 Å². The molecule has 0 saturated carbocycles. The molecule has 2 N–H and O–H groups in total. The lowest BCUT2D eigenvalue weighted by molar-refractivity contribution is -0.142. The van der Waals surface area contributed by atoms with Crippen LogP contribution >= 0.6 is 0 Å². The Balaban J connectivity index is 1.59. The molecule has 1 aliphatic rings. The predicted octanol–water partition coefficient (Wildman–Crippen LogP) is 2.47. The van der Waals surface area contributed by atoms with Gasteiger partial charge in [0.1, 0.15) is 12.7 Å². The number of nitrogens with one attached hydrogen (secondary N) is 1. The Morgan fingerprint density at radius 1 is 0.281 bits per heavy atom. The van der Waals surface area contributed by atoms with E-state index in [4.69, 9.17) is 124 Å². The number of hydrogen-bond acceptors (Lipinski definition) is 27. The quantitative estimate of drug-likeness (QED) is 0.0653. The van der Waals surface area contributed by atoms with Crippen LogP contribution in [0.4, 0.5) is 4.79 Å². The Morgan fingerprint density at radius 3 is 0.742 bits per heavy atom. The highest BCUT2D eigenvalue weighted by Crippen LogP contribution is 2.15. The smallest absolute Gasteiger partial charge is 0.407 e. The first-order valence-electron chi connectivity index (χ1n) is 31.9. The van der Waals surface area contributed by atoms with Gasteiger partial charge in [0.2, 0.25) is 0 Å². The molecule has 0 heterocycles. The topological polar surface area (TPSA) is 297 Å². The van der Waals surface area contributed by atoms with Crippen LogP contribution in [-0.2, 0) is 123 Å². The SMILES string of the molecule is O=C(O)COCCOCCOCCOCCOCCOCCOCCOCCOCCOCCOCCOCCOCCOCCCOCCOCCOCCOCCOCCOCCOCCOCCOCCOCCNC(=O)OC1CC/C=C/CCC1. The van der Waals surface area contributed by atoms with Gasteiger partial charge in [-0.05, 0) is 38.5 Å². The number of amides is 1. The lowest BCUT2D eigenvalue weighted by Gasteiger charge is -2.18. The summed E-state index contributed by atoms with van der Waals surface area (Å²) in [4.78, 5) is 22.3. The van der Waals surface area contributed by atoms with Gasteiger partial charge in [0.05, 0.1) is 297 Å². The minimum atomic E-state index is -1.00. The number of aliphatic carboxylic acids is 1. The number of alkyl carbamates (subject to hydrolysis) is 1. The molecule has 0 saturated heterocycles. The first-order chi connectivity index (χ1) is 44.2. The number of carbonyl (C=O) groups is 2. The monoisotopic (exact) mass is 1300 g/mol. The molecule has 0 aliphatic heterocycles. The van der Waals surface area contributed by atoms with Crippen LogP contribution in [0.15, 0.2) is 12.2 Å². The van der Waals surface area contributed by atoms with E-state index in [-0.39, 0.29) is 25.4 Å². The van der Waals surface area contributed by atoms with E-state index < -0.39 is 5.97 Å². The Hall–Kier alpha value is -2.48. The third kappa shape index (κ3) is 74.4. The number of carboxylic acid groups (broad SMARTS) is 1. The van der Waals surface area contributed by atoms with Crippen LogP contribution in [0.3, 0.4) is 0 Å². The van der Waals surface area contributed by atoms with E-state index >= 15 is 0 Å². The van der Waals surface area contributed by atoms with Crippen LogP contribution in [0.25, 0.3) is 0 Å². The highest BCUT2D eigenvalue weighted by atomic mass is 16.6. The van der Waals surface area contributed by atoms with Crippen LogP contribution in [0.5, 0.6) is 0 Å². The van der Waals surface area contributed by atoms with Crippen molar-refractivity contribution in [2.75, 3.05) is 324 Å². The molecule has 0 spiro atoms.